The molecule has 0 saturated carbocycles. The first kappa shape index (κ1) is 28.8. The number of aromatic nitrogens is 1. The number of likely N-dealkylation sites (N-methyl/N-ethyl adjacent to an activating group) is 1. The number of rotatable bonds is 8. The fraction of sp³-hybridized carbons (Fsp3) is 0.200. The predicted octanol–water partition coefficient (Wildman–Crippen LogP) is 5.95. The largest absolute Gasteiger partial charge is 0.364 e. The van der Waals surface area contributed by atoms with Crippen molar-refractivity contribution in [1.82, 2.24) is 10.3 Å². The minimum atomic E-state index is -2.75. The molecule has 0 unspecified atom stereocenters. The number of carbonyl (C=O) groups excluding carboxylic acids is 2. The molecular weight excluding hydrogens is 565 g/mol. The van der Waals surface area contributed by atoms with Crippen molar-refractivity contribution in [2.45, 2.75) is 19.3 Å². The summed E-state index contributed by atoms with van der Waals surface area (Å²) in [6, 6.07) is 15.4. The molecule has 216 valence electrons. The second-order valence-electron chi connectivity index (χ2n) is 9.83. The zero-order valence-corrected chi connectivity index (χ0v) is 23.5. The van der Waals surface area contributed by atoms with Crippen molar-refractivity contribution >= 4 is 56.1 Å². The van der Waals surface area contributed by atoms with E-state index in [9.17, 15) is 18.4 Å². The lowest BCUT2D eigenvalue weighted by Gasteiger charge is -2.18. The van der Waals surface area contributed by atoms with Crippen LogP contribution in [0.2, 0.25) is 0 Å². The molecule has 12 heteroatoms. The molecule has 1 saturated heterocycles. The van der Waals surface area contributed by atoms with Gasteiger partial charge >= 0.3 is 0 Å². The molecule has 42 heavy (non-hydrogen) atoms. The summed E-state index contributed by atoms with van der Waals surface area (Å²) in [5.74, 6) is -4.40. The topological polar surface area (TPSA) is 110 Å². The van der Waals surface area contributed by atoms with Crippen molar-refractivity contribution in [3.05, 3.63) is 94.4 Å². The van der Waals surface area contributed by atoms with Gasteiger partial charge in [0.25, 0.3) is 17.7 Å². The molecule has 0 bridgehead atoms. The molecule has 0 radical (unpaired) electrons. The molecule has 1 aliphatic heterocycles. The van der Waals surface area contributed by atoms with E-state index in [4.69, 9.17) is 5.41 Å². The van der Waals surface area contributed by atoms with E-state index in [-0.39, 0.29) is 41.4 Å². The summed E-state index contributed by atoms with van der Waals surface area (Å²) in [7, 11) is 1.40. The van der Waals surface area contributed by atoms with Gasteiger partial charge in [-0.1, -0.05) is 24.3 Å². The zero-order valence-electron chi connectivity index (χ0n) is 22.7. The van der Waals surface area contributed by atoms with E-state index in [0.717, 1.165) is 16.2 Å². The van der Waals surface area contributed by atoms with Crippen LogP contribution in [0.1, 0.15) is 27.2 Å². The number of halogens is 3. The maximum absolute atomic E-state index is 15.7. The van der Waals surface area contributed by atoms with E-state index >= 15 is 4.39 Å². The summed E-state index contributed by atoms with van der Waals surface area (Å²) in [5, 5.41) is 17.4. The minimum Gasteiger partial charge on any atom is -0.364 e. The standard InChI is InChI=1S/C30H27F3N6O2S/c1-17-7-9-20(26(31)27(17)38-29(41)24-13-18-5-3-4-6-23(18)42-24)21(34)14-22(28(40)35-2)37-25-10-8-19(15-36-25)39-12-11-30(32,33)16-39/h3-10,13-15,34H,11-12,16H2,1-2H3,(H,35,40)(H,36,37)(H,38,41)/b22-14+,34-21?. The minimum absolute atomic E-state index is 0.0627. The number of hydrogen-bond donors (Lipinski definition) is 4. The van der Waals surface area contributed by atoms with E-state index in [2.05, 4.69) is 20.9 Å². The molecule has 1 fully saturated rings. The average molecular weight is 593 g/mol. The van der Waals surface area contributed by atoms with Crippen molar-refractivity contribution < 1.29 is 22.8 Å². The SMILES string of the molecule is CNC(=O)/C(=C\C(=N)c1ccc(C)c(NC(=O)c2cc3ccccc3s2)c1F)Nc1ccc(N2CCC(F)(F)C2)cn1. The van der Waals surface area contributed by atoms with Crippen LogP contribution < -0.4 is 20.9 Å². The first-order valence-corrected chi connectivity index (χ1v) is 13.8. The lowest BCUT2D eigenvalue weighted by molar-refractivity contribution is -0.116. The molecule has 0 spiro atoms. The summed E-state index contributed by atoms with van der Waals surface area (Å²) in [6.45, 7) is 1.45. The van der Waals surface area contributed by atoms with Crippen LogP contribution in [0, 0.1) is 18.2 Å². The van der Waals surface area contributed by atoms with Gasteiger partial charge in [0.1, 0.15) is 11.5 Å². The van der Waals surface area contributed by atoms with Gasteiger partial charge in [-0.05, 0) is 54.3 Å². The van der Waals surface area contributed by atoms with Crippen molar-refractivity contribution in [2.24, 2.45) is 0 Å². The second kappa shape index (κ2) is 11.6. The van der Waals surface area contributed by atoms with Gasteiger partial charge < -0.3 is 26.3 Å². The number of fused-ring (bicyclic) bond motifs is 1. The molecule has 1 aliphatic rings. The number of hydrogen-bond acceptors (Lipinski definition) is 7. The molecule has 5 rings (SSSR count). The van der Waals surface area contributed by atoms with Crippen molar-refractivity contribution in [3.8, 4) is 0 Å². The Hall–Kier alpha value is -4.71. The number of benzene rings is 2. The molecule has 2 aromatic heterocycles. The van der Waals surface area contributed by atoms with E-state index < -0.39 is 30.1 Å². The number of pyridine rings is 1. The molecule has 2 aromatic carbocycles. The third kappa shape index (κ3) is 6.13. The van der Waals surface area contributed by atoms with E-state index in [1.54, 1.807) is 25.1 Å². The number of allylic oxidation sites excluding steroid dienone is 1. The number of alkyl halides is 2. The average Bonchev–Trinajstić information content (AvgIpc) is 3.57. The van der Waals surface area contributed by atoms with Crippen LogP contribution in [0.25, 0.3) is 10.1 Å². The maximum Gasteiger partial charge on any atom is 0.267 e. The maximum atomic E-state index is 15.7. The highest BCUT2D eigenvalue weighted by Gasteiger charge is 2.38. The van der Waals surface area contributed by atoms with Gasteiger partial charge in [-0.2, -0.15) is 0 Å². The van der Waals surface area contributed by atoms with Gasteiger partial charge in [0.2, 0.25) is 0 Å². The number of carbonyl (C=O) groups is 2. The molecule has 2 amide bonds. The number of nitrogens with one attached hydrogen (secondary N) is 4. The number of aryl methyl sites for hydroxylation is 1. The summed E-state index contributed by atoms with van der Waals surface area (Å²) in [4.78, 5) is 31.7. The molecule has 4 aromatic rings. The zero-order chi connectivity index (χ0) is 30.0. The smallest absolute Gasteiger partial charge is 0.267 e. The van der Waals surface area contributed by atoms with Crippen molar-refractivity contribution in [1.29, 1.82) is 5.41 Å². The van der Waals surface area contributed by atoms with E-state index in [0.29, 0.717) is 16.1 Å². The Bertz CT molecular complexity index is 1690. The normalized spacial score (nSPS) is 14.6. The second-order valence-corrected chi connectivity index (χ2v) is 10.9. The van der Waals surface area contributed by atoms with Gasteiger partial charge in [-0.25, -0.2) is 18.2 Å². The van der Waals surface area contributed by atoms with E-state index in [1.807, 2.05) is 24.3 Å². The van der Waals surface area contributed by atoms with E-state index in [1.165, 1.54) is 41.6 Å². The predicted molar refractivity (Wildman–Crippen MR) is 160 cm³/mol. The number of nitrogens with zero attached hydrogens (tertiary/aromatic N) is 2. The number of anilines is 3. The number of thiophene rings is 1. The molecule has 8 nitrogen and oxygen atoms in total. The summed E-state index contributed by atoms with van der Waals surface area (Å²) < 4.78 is 43.8. The highest BCUT2D eigenvalue weighted by atomic mass is 32.1. The third-order valence-electron chi connectivity index (χ3n) is 6.83. The van der Waals surface area contributed by atoms with Crippen LogP contribution in [0.5, 0.6) is 0 Å². The van der Waals surface area contributed by atoms with Crippen LogP contribution in [0.4, 0.5) is 30.4 Å². The molecule has 0 aliphatic carbocycles. The fourth-order valence-corrected chi connectivity index (χ4v) is 5.52. The Labute approximate surface area is 243 Å². The van der Waals surface area contributed by atoms with Gasteiger partial charge in [0.05, 0.1) is 34.7 Å². The quantitative estimate of drug-likeness (QED) is 0.149. The molecule has 3 heterocycles. The Morgan fingerprint density at radius 3 is 2.57 bits per heavy atom. The molecular formula is C30H27F3N6O2S. The summed E-state index contributed by atoms with van der Waals surface area (Å²) >= 11 is 1.29. The highest BCUT2D eigenvalue weighted by molar-refractivity contribution is 7.20. The molecule has 0 atom stereocenters. The molecule has 4 N–H and O–H groups in total. The van der Waals surface area contributed by atoms with Crippen LogP contribution >= 0.6 is 11.3 Å². The van der Waals surface area contributed by atoms with Crippen molar-refractivity contribution in [2.75, 3.05) is 35.7 Å². The van der Waals surface area contributed by atoms with Crippen molar-refractivity contribution in [3.63, 3.8) is 0 Å². The lowest BCUT2D eigenvalue weighted by Crippen LogP contribution is -2.26. The van der Waals surface area contributed by atoms with Gasteiger partial charge in [0, 0.05) is 30.3 Å². The Morgan fingerprint density at radius 2 is 1.90 bits per heavy atom. The van der Waals surface area contributed by atoms with Crippen LogP contribution in [-0.4, -0.2) is 48.6 Å². The van der Waals surface area contributed by atoms with Crippen LogP contribution in [0.3, 0.4) is 0 Å². The van der Waals surface area contributed by atoms with Gasteiger partial charge in [0.15, 0.2) is 5.82 Å². The number of amides is 2. The Morgan fingerprint density at radius 1 is 1.12 bits per heavy atom. The first-order chi connectivity index (χ1) is 20.0. The first-order valence-electron chi connectivity index (χ1n) is 13.0. The summed E-state index contributed by atoms with van der Waals surface area (Å²) in [6.07, 6.45) is 2.34. The van der Waals surface area contributed by atoms with Crippen LogP contribution in [0.15, 0.2) is 72.6 Å². The van der Waals surface area contributed by atoms with Gasteiger partial charge in [-0.3, -0.25) is 9.59 Å². The monoisotopic (exact) mass is 592 g/mol. The van der Waals surface area contributed by atoms with Crippen LogP contribution in [-0.2, 0) is 4.79 Å². The summed E-state index contributed by atoms with van der Waals surface area (Å²) in [5.41, 5.74) is 0.370. The lowest BCUT2D eigenvalue weighted by atomic mass is 10.0. The Balaban J connectivity index is 1.36. The van der Waals surface area contributed by atoms with Gasteiger partial charge in [-0.15, -0.1) is 11.3 Å². The highest BCUT2D eigenvalue weighted by Crippen LogP contribution is 2.31. The Kier molecular flexibility index (Phi) is 7.99. The fourth-order valence-electron chi connectivity index (χ4n) is 4.56. The third-order valence-corrected chi connectivity index (χ3v) is 7.95.